The molecule has 1 aromatic carbocycles. The van der Waals surface area contributed by atoms with Crippen molar-refractivity contribution in [3.63, 3.8) is 0 Å². The van der Waals surface area contributed by atoms with Crippen LogP contribution in [0.3, 0.4) is 0 Å². The van der Waals surface area contributed by atoms with Crippen molar-refractivity contribution in [1.29, 1.82) is 0 Å². The molecule has 0 N–H and O–H groups in total. The van der Waals surface area contributed by atoms with Gasteiger partial charge >= 0.3 is 0 Å². The van der Waals surface area contributed by atoms with Crippen LogP contribution in [0.15, 0.2) is 24.3 Å². The minimum atomic E-state index is 0.722. The Kier molecular flexibility index (Phi) is 4.84. The molecule has 1 saturated heterocycles. The predicted molar refractivity (Wildman–Crippen MR) is 73.5 cm³/mol. The highest BCUT2D eigenvalue weighted by Gasteiger charge is 2.11. The first-order chi connectivity index (χ1) is 8.75. The van der Waals surface area contributed by atoms with Gasteiger partial charge in [0.2, 0.25) is 0 Å². The average Bonchev–Trinajstić information content (AvgIpc) is 2.40. The van der Waals surface area contributed by atoms with Gasteiger partial charge in [0.15, 0.2) is 0 Å². The molecule has 0 radical (unpaired) electrons. The number of morpholine rings is 1. The Balaban J connectivity index is 1.91. The van der Waals surface area contributed by atoms with Gasteiger partial charge in [-0.05, 0) is 26.2 Å². The van der Waals surface area contributed by atoms with Crippen molar-refractivity contribution in [2.24, 2.45) is 0 Å². The van der Waals surface area contributed by atoms with Crippen LogP contribution in [-0.2, 0) is 4.74 Å². The molecule has 0 aliphatic carbocycles. The molecule has 1 fully saturated rings. The third-order valence-electron chi connectivity index (χ3n) is 3.00. The van der Waals surface area contributed by atoms with Crippen molar-refractivity contribution in [1.82, 2.24) is 4.90 Å². The van der Waals surface area contributed by atoms with E-state index in [-0.39, 0.29) is 0 Å². The summed E-state index contributed by atoms with van der Waals surface area (Å²) in [5.41, 5.74) is 1.22. The first kappa shape index (κ1) is 13.2. The predicted octanol–water partition coefficient (Wildman–Crippen LogP) is 1.46. The molecule has 0 aromatic heterocycles. The minimum Gasteiger partial charge on any atom is -0.492 e. The average molecular weight is 250 g/mol. The van der Waals surface area contributed by atoms with Gasteiger partial charge in [-0.2, -0.15) is 0 Å². The summed E-state index contributed by atoms with van der Waals surface area (Å²) >= 11 is 0. The summed E-state index contributed by atoms with van der Waals surface area (Å²) in [5.74, 6) is 0.945. The number of likely N-dealkylation sites (N-methyl/N-ethyl adjacent to an activating group) is 1. The number of anilines is 1. The SMILES string of the molecule is CN(C)CCOc1cccc(N2CCOCC2)c1. The maximum absolute atomic E-state index is 5.75. The van der Waals surface area contributed by atoms with Crippen LogP contribution >= 0.6 is 0 Å². The normalized spacial score (nSPS) is 16.1. The minimum absolute atomic E-state index is 0.722. The Hall–Kier alpha value is -1.26. The molecule has 1 aliphatic heterocycles. The van der Waals surface area contributed by atoms with Gasteiger partial charge in [0.1, 0.15) is 12.4 Å². The fourth-order valence-electron chi connectivity index (χ4n) is 1.94. The van der Waals surface area contributed by atoms with Crippen LogP contribution in [0, 0.1) is 0 Å². The molecule has 0 amide bonds. The number of hydrogen-bond donors (Lipinski definition) is 0. The fourth-order valence-corrected chi connectivity index (χ4v) is 1.94. The molecule has 0 spiro atoms. The molecule has 4 heteroatoms. The number of ether oxygens (including phenoxy) is 2. The Bertz CT molecular complexity index is 363. The lowest BCUT2D eigenvalue weighted by molar-refractivity contribution is 0.122. The van der Waals surface area contributed by atoms with E-state index in [0.29, 0.717) is 0 Å². The monoisotopic (exact) mass is 250 g/mol. The van der Waals surface area contributed by atoms with E-state index in [4.69, 9.17) is 9.47 Å². The number of rotatable bonds is 5. The highest BCUT2D eigenvalue weighted by molar-refractivity contribution is 5.50. The van der Waals surface area contributed by atoms with Crippen molar-refractivity contribution in [3.05, 3.63) is 24.3 Å². The molecular formula is C14H22N2O2. The second-order valence-electron chi connectivity index (χ2n) is 4.75. The third-order valence-corrected chi connectivity index (χ3v) is 3.00. The van der Waals surface area contributed by atoms with E-state index in [9.17, 15) is 0 Å². The molecule has 1 heterocycles. The van der Waals surface area contributed by atoms with Crippen LogP contribution < -0.4 is 9.64 Å². The molecule has 4 nitrogen and oxygen atoms in total. The van der Waals surface area contributed by atoms with Gasteiger partial charge in [0.05, 0.1) is 13.2 Å². The van der Waals surface area contributed by atoms with Gasteiger partial charge in [-0.25, -0.2) is 0 Å². The zero-order chi connectivity index (χ0) is 12.8. The van der Waals surface area contributed by atoms with Gasteiger partial charge in [-0.15, -0.1) is 0 Å². The van der Waals surface area contributed by atoms with Crippen LogP contribution in [-0.4, -0.2) is 58.5 Å². The van der Waals surface area contributed by atoms with Gasteiger partial charge in [-0.1, -0.05) is 6.07 Å². The molecule has 100 valence electrons. The standard InChI is InChI=1S/C14H22N2O2/c1-15(2)6-11-18-14-5-3-4-13(12-14)16-7-9-17-10-8-16/h3-5,12H,6-11H2,1-2H3. The maximum Gasteiger partial charge on any atom is 0.121 e. The largest absolute Gasteiger partial charge is 0.492 e. The molecule has 2 rings (SSSR count). The second kappa shape index (κ2) is 6.61. The van der Waals surface area contributed by atoms with Gasteiger partial charge < -0.3 is 19.3 Å². The summed E-state index contributed by atoms with van der Waals surface area (Å²) < 4.78 is 11.1. The fraction of sp³-hybridized carbons (Fsp3) is 0.571. The lowest BCUT2D eigenvalue weighted by Crippen LogP contribution is -2.36. The first-order valence-corrected chi connectivity index (χ1v) is 6.46. The molecule has 18 heavy (non-hydrogen) atoms. The molecule has 0 saturated carbocycles. The Labute approximate surface area is 109 Å². The van der Waals surface area contributed by atoms with E-state index in [1.165, 1.54) is 5.69 Å². The summed E-state index contributed by atoms with van der Waals surface area (Å²) in [6, 6.07) is 8.31. The molecular weight excluding hydrogens is 228 g/mol. The summed E-state index contributed by atoms with van der Waals surface area (Å²) in [4.78, 5) is 4.45. The van der Waals surface area contributed by atoms with Crippen molar-refractivity contribution in [3.8, 4) is 5.75 Å². The smallest absolute Gasteiger partial charge is 0.121 e. The zero-order valence-corrected chi connectivity index (χ0v) is 11.3. The lowest BCUT2D eigenvalue weighted by Gasteiger charge is -2.29. The Morgan fingerprint density at radius 3 is 2.78 bits per heavy atom. The molecule has 0 bridgehead atoms. The summed E-state index contributed by atoms with van der Waals surface area (Å²) in [5, 5.41) is 0. The first-order valence-electron chi connectivity index (χ1n) is 6.46. The molecule has 1 aromatic rings. The third kappa shape index (κ3) is 3.89. The van der Waals surface area contributed by atoms with Crippen molar-refractivity contribution >= 4 is 5.69 Å². The van der Waals surface area contributed by atoms with E-state index in [2.05, 4.69) is 28.0 Å². The van der Waals surface area contributed by atoms with Gasteiger partial charge in [0.25, 0.3) is 0 Å². The van der Waals surface area contributed by atoms with Crippen molar-refractivity contribution in [2.45, 2.75) is 0 Å². The second-order valence-corrected chi connectivity index (χ2v) is 4.75. The van der Waals surface area contributed by atoms with Gasteiger partial charge in [0, 0.05) is 31.4 Å². The van der Waals surface area contributed by atoms with Crippen LogP contribution in [0.5, 0.6) is 5.75 Å². The summed E-state index contributed by atoms with van der Waals surface area (Å²) in [6.07, 6.45) is 0. The van der Waals surface area contributed by atoms with Gasteiger partial charge in [-0.3, -0.25) is 0 Å². The molecule has 1 aliphatic rings. The van der Waals surface area contributed by atoms with Crippen LogP contribution in [0.2, 0.25) is 0 Å². The van der Waals surface area contributed by atoms with Crippen molar-refractivity contribution in [2.75, 3.05) is 58.5 Å². The van der Waals surface area contributed by atoms with E-state index >= 15 is 0 Å². The van der Waals surface area contributed by atoms with E-state index in [1.807, 2.05) is 20.2 Å². The van der Waals surface area contributed by atoms with Crippen LogP contribution in [0.4, 0.5) is 5.69 Å². The summed E-state index contributed by atoms with van der Waals surface area (Å²) in [7, 11) is 4.10. The van der Waals surface area contributed by atoms with E-state index in [1.54, 1.807) is 0 Å². The number of hydrogen-bond acceptors (Lipinski definition) is 4. The molecule has 0 atom stereocenters. The topological polar surface area (TPSA) is 24.9 Å². The Morgan fingerprint density at radius 2 is 2.06 bits per heavy atom. The van der Waals surface area contributed by atoms with E-state index in [0.717, 1.165) is 45.2 Å². The molecule has 0 unspecified atom stereocenters. The maximum atomic E-state index is 5.75. The number of benzene rings is 1. The highest BCUT2D eigenvalue weighted by atomic mass is 16.5. The van der Waals surface area contributed by atoms with Crippen LogP contribution in [0.1, 0.15) is 0 Å². The quantitative estimate of drug-likeness (QED) is 0.790. The number of nitrogens with zero attached hydrogens (tertiary/aromatic N) is 2. The lowest BCUT2D eigenvalue weighted by atomic mass is 10.2. The van der Waals surface area contributed by atoms with Crippen molar-refractivity contribution < 1.29 is 9.47 Å². The van der Waals surface area contributed by atoms with E-state index < -0.39 is 0 Å². The zero-order valence-electron chi connectivity index (χ0n) is 11.3. The highest BCUT2D eigenvalue weighted by Crippen LogP contribution is 2.21. The van der Waals surface area contributed by atoms with Crippen LogP contribution in [0.25, 0.3) is 0 Å². The summed E-state index contributed by atoms with van der Waals surface area (Å²) in [6.45, 7) is 5.20. The Morgan fingerprint density at radius 1 is 1.28 bits per heavy atom.